The van der Waals surface area contributed by atoms with Crippen LogP contribution in [0.5, 0.6) is 5.75 Å². The zero-order chi connectivity index (χ0) is 17.5. The Morgan fingerprint density at radius 3 is 2.62 bits per heavy atom. The zero-order valence-corrected chi connectivity index (χ0v) is 13.9. The quantitative estimate of drug-likeness (QED) is 0.939. The van der Waals surface area contributed by atoms with E-state index < -0.39 is 11.6 Å². The summed E-state index contributed by atoms with van der Waals surface area (Å²) in [5.74, 6) is -0.575. The van der Waals surface area contributed by atoms with Crippen molar-refractivity contribution in [2.24, 2.45) is 0 Å². The van der Waals surface area contributed by atoms with Crippen LogP contribution in [0.2, 0.25) is 0 Å². The molecular weight excluding hydrogens is 306 g/mol. The SMILES string of the molecule is Cc1ccc2c(c1)N(Cc1ccccc1C(=O)O)C(=O)C(C)(C)O2. The Balaban J connectivity index is 2.08. The Hall–Kier alpha value is -2.82. The molecule has 1 aliphatic heterocycles. The number of aryl methyl sites for hydroxylation is 1. The maximum atomic E-state index is 12.9. The topological polar surface area (TPSA) is 66.8 Å². The number of amides is 1. The number of hydrogen-bond acceptors (Lipinski definition) is 3. The van der Waals surface area contributed by atoms with Gasteiger partial charge in [0.2, 0.25) is 0 Å². The van der Waals surface area contributed by atoms with E-state index in [0.717, 1.165) is 5.56 Å². The summed E-state index contributed by atoms with van der Waals surface area (Å²) in [6.07, 6.45) is 0. The number of carbonyl (C=O) groups is 2. The van der Waals surface area contributed by atoms with Crippen molar-refractivity contribution in [3.63, 3.8) is 0 Å². The molecule has 0 bridgehead atoms. The molecule has 0 fully saturated rings. The van der Waals surface area contributed by atoms with Gasteiger partial charge in [-0.05, 0) is 50.1 Å². The molecule has 0 atom stereocenters. The van der Waals surface area contributed by atoms with Crippen LogP contribution in [0.4, 0.5) is 5.69 Å². The fourth-order valence-electron chi connectivity index (χ4n) is 2.87. The molecule has 3 rings (SSSR count). The van der Waals surface area contributed by atoms with Gasteiger partial charge in [0.15, 0.2) is 5.60 Å². The second kappa shape index (κ2) is 5.67. The van der Waals surface area contributed by atoms with E-state index >= 15 is 0 Å². The number of ether oxygens (including phenoxy) is 1. The van der Waals surface area contributed by atoms with Crippen LogP contribution >= 0.6 is 0 Å². The predicted octanol–water partition coefficient (Wildman–Crippen LogP) is 3.40. The molecule has 5 heteroatoms. The van der Waals surface area contributed by atoms with E-state index in [4.69, 9.17) is 4.74 Å². The van der Waals surface area contributed by atoms with Gasteiger partial charge in [-0.15, -0.1) is 0 Å². The molecule has 124 valence electrons. The minimum Gasteiger partial charge on any atom is -0.478 e. The van der Waals surface area contributed by atoms with E-state index in [0.29, 0.717) is 17.0 Å². The molecule has 0 saturated carbocycles. The highest BCUT2D eigenvalue weighted by atomic mass is 16.5. The average Bonchev–Trinajstić information content (AvgIpc) is 2.53. The van der Waals surface area contributed by atoms with Crippen molar-refractivity contribution < 1.29 is 19.4 Å². The highest BCUT2D eigenvalue weighted by Gasteiger charge is 2.41. The number of hydrogen-bond donors (Lipinski definition) is 1. The Kier molecular flexibility index (Phi) is 3.79. The van der Waals surface area contributed by atoms with Gasteiger partial charge in [0.25, 0.3) is 5.91 Å². The molecule has 0 spiro atoms. The van der Waals surface area contributed by atoms with E-state index in [1.165, 1.54) is 0 Å². The minimum atomic E-state index is -1.00. The number of carboxylic acid groups (broad SMARTS) is 1. The average molecular weight is 325 g/mol. The number of carbonyl (C=O) groups excluding carboxylic acids is 1. The Bertz CT molecular complexity index is 826. The first-order valence-corrected chi connectivity index (χ1v) is 7.72. The molecule has 0 unspecified atom stereocenters. The predicted molar refractivity (Wildman–Crippen MR) is 90.5 cm³/mol. The lowest BCUT2D eigenvalue weighted by atomic mass is 10.0. The largest absolute Gasteiger partial charge is 0.478 e. The molecule has 0 aliphatic carbocycles. The van der Waals surface area contributed by atoms with Gasteiger partial charge in [0.1, 0.15) is 5.75 Å². The highest BCUT2D eigenvalue weighted by Crippen LogP contribution is 2.39. The maximum absolute atomic E-state index is 12.9. The molecule has 1 heterocycles. The third-order valence-corrected chi connectivity index (χ3v) is 4.11. The number of carboxylic acids is 1. The number of fused-ring (bicyclic) bond motifs is 1. The van der Waals surface area contributed by atoms with E-state index in [1.807, 2.05) is 25.1 Å². The first-order chi connectivity index (χ1) is 11.3. The summed E-state index contributed by atoms with van der Waals surface area (Å²) >= 11 is 0. The summed E-state index contributed by atoms with van der Waals surface area (Å²) < 4.78 is 5.82. The second-order valence-corrected chi connectivity index (χ2v) is 6.44. The monoisotopic (exact) mass is 325 g/mol. The van der Waals surface area contributed by atoms with Gasteiger partial charge in [-0.2, -0.15) is 0 Å². The van der Waals surface area contributed by atoms with Crippen LogP contribution in [-0.2, 0) is 11.3 Å². The van der Waals surface area contributed by atoms with Crippen molar-refractivity contribution >= 4 is 17.6 Å². The summed E-state index contributed by atoms with van der Waals surface area (Å²) in [6.45, 7) is 5.56. The lowest BCUT2D eigenvalue weighted by Gasteiger charge is -2.39. The molecule has 2 aromatic carbocycles. The van der Waals surface area contributed by atoms with Gasteiger partial charge < -0.3 is 14.7 Å². The lowest BCUT2D eigenvalue weighted by Crippen LogP contribution is -2.52. The molecule has 2 aromatic rings. The fourth-order valence-corrected chi connectivity index (χ4v) is 2.87. The molecule has 0 radical (unpaired) electrons. The standard InChI is InChI=1S/C19H19NO4/c1-12-8-9-16-15(10-12)20(18(23)19(2,3)24-16)11-13-6-4-5-7-14(13)17(21)22/h4-10H,11H2,1-3H3,(H,21,22). The second-order valence-electron chi connectivity index (χ2n) is 6.44. The van der Waals surface area contributed by atoms with Crippen LogP contribution in [0.25, 0.3) is 0 Å². The Morgan fingerprint density at radius 2 is 1.92 bits per heavy atom. The summed E-state index contributed by atoms with van der Waals surface area (Å²) in [4.78, 5) is 25.9. The van der Waals surface area contributed by atoms with Gasteiger partial charge >= 0.3 is 5.97 Å². The zero-order valence-electron chi connectivity index (χ0n) is 13.9. The van der Waals surface area contributed by atoms with Gasteiger partial charge in [-0.1, -0.05) is 24.3 Å². The fraction of sp³-hybridized carbons (Fsp3) is 0.263. The maximum Gasteiger partial charge on any atom is 0.336 e. The van der Waals surface area contributed by atoms with Crippen LogP contribution in [0, 0.1) is 6.92 Å². The number of nitrogens with zero attached hydrogens (tertiary/aromatic N) is 1. The third kappa shape index (κ3) is 2.73. The van der Waals surface area contributed by atoms with Gasteiger partial charge in [-0.25, -0.2) is 4.79 Å². The molecule has 0 saturated heterocycles. The molecule has 1 N–H and O–H groups in total. The van der Waals surface area contributed by atoms with E-state index in [2.05, 4.69) is 0 Å². The van der Waals surface area contributed by atoms with Gasteiger partial charge in [0, 0.05) is 0 Å². The van der Waals surface area contributed by atoms with Crippen LogP contribution in [0.1, 0.15) is 35.3 Å². The number of benzene rings is 2. The van der Waals surface area contributed by atoms with Crippen LogP contribution < -0.4 is 9.64 Å². The summed E-state index contributed by atoms with van der Waals surface area (Å²) in [5.41, 5.74) is 1.45. The minimum absolute atomic E-state index is 0.185. The molecular formula is C19H19NO4. The van der Waals surface area contributed by atoms with Crippen molar-refractivity contribution in [3.8, 4) is 5.75 Å². The molecule has 24 heavy (non-hydrogen) atoms. The normalized spacial score (nSPS) is 15.6. The summed E-state index contributed by atoms with van der Waals surface area (Å²) in [5, 5.41) is 9.37. The van der Waals surface area contributed by atoms with Crippen LogP contribution in [0.3, 0.4) is 0 Å². The first kappa shape index (κ1) is 16.1. The van der Waals surface area contributed by atoms with Gasteiger partial charge in [-0.3, -0.25) is 4.79 Å². The van der Waals surface area contributed by atoms with E-state index in [-0.39, 0.29) is 18.0 Å². The van der Waals surface area contributed by atoms with Crippen molar-refractivity contribution in [1.82, 2.24) is 0 Å². The molecule has 1 aliphatic rings. The third-order valence-electron chi connectivity index (χ3n) is 4.11. The number of anilines is 1. The van der Waals surface area contributed by atoms with Crippen LogP contribution in [-0.4, -0.2) is 22.6 Å². The van der Waals surface area contributed by atoms with E-state index in [9.17, 15) is 14.7 Å². The van der Waals surface area contributed by atoms with Crippen molar-refractivity contribution in [2.45, 2.75) is 32.9 Å². The van der Waals surface area contributed by atoms with Crippen molar-refractivity contribution in [1.29, 1.82) is 0 Å². The highest BCUT2D eigenvalue weighted by molar-refractivity contribution is 6.02. The molecule has 0 aromatic heterocycles. The molecule has 5 nitrogen and oxygen atoms in total. The first-order valence-electron chi connectivity index (χ1n) is 7.72. The summed E-state index contributed by atoms with van der Waals surface area (Å²) in [6, 6.07) is 12.4. The summed E-state index contributed by atoms with van der Waals surface area (Å²) in [7, 11) is 0. The van der Waals surface area contributed by atoms with E-state index in [1.54, 1.807) is 43.0 Å². The lowest BCUT2D eigenvalue weighted by molar-refractivity contribution is -0.132. The van der Waals surface area contributed by atoms with Crippen molar-refractivity contribution in [2.75, 3.05) is 4.90 Å². The number of rotatable bonds is 3. The number of aromatic carboxylic acids is 1. The van der Waals surface area contributed by atoms with Crippen molar-refractivity contribution in [3.05, 3.63) is 59.2 Å². The Morgan fingerprint density at radius 1 is 1.21 bits per heavy atom. The van der Waals surface area contributed by atoms with Gasteiger partial charge in [0.05, 0.1) is 17.8 Å². The molecule has 1 amide bonds. The smallest absolute Gasteiger partial charge is 0.336 e. The van der Waals surface area contributed by atoms with Crippen LogP contribution in [0.15, 0.2) is 42.5 Å². The Labute approximate surface area is 140 Å².